The van der Waals surface area contributed by atoms with E-state index in [9.17, 15) is 4.79 Å². The molecular weight excluding hydrogens is 350 g/mol. The minimum Gasteiger partial charge on any atom is -0.356 e. The monoisotopic (exact) mass is 381 g/mol. The van der Waals surface area contributed by atoms with E-state index in [0.717, 1.165) is 36.5 Å². The molecule has 0 radical (unpaired) electrons. The predicted molar refractivity (Wildman–Crippen MR) is 111 cm³/mol. The molecule has 0 aliphatic carbocycles. The number of nitrogens with zero attached hydrogens (tertiary/aromatic N) is 4. The summed E-state index contributed by atoms with van der Waals surface area (Å²) in [5.41, 5.74) is 4.43. The number of hydrogen-bond acceptors (Lipinski definition) is 4. The predicted octanol–water partition coefficient (Wildman–Crippen LogP) is 2.98. The Balaban J connectivity index is 1.66. The van der Waals surface area contributed by atoms with Crippen LogP contribution in [0, 0.1) is 25.2 Å². The van der Waals surface area contributed by atoms with Crippen LogP contribution < -0.4 is 5.32 Å². The van der Waals surface area contributed by atoms with Crippen molar-refractivity contribution in [2.45, 2.75) is 52.6 Å². The summed E-state index contributed by atoms with van der Waals surface area (Å²) in [4.78, 5) is 14.4. The molecule has 2 aromatic rings. The number of aryl methyl sites for hydroxylation is 2. The van der Waals surface area contributed by atoms with Crippen molar-refractivity contribution in [1.29, 1.82) is 5.26 Å². The zero-order chi connectivity index (χ0) is 20.4. The van der Waals surface area contributed by atoms with E-state index >= 15 is 0 Å². The minimum absolute atomic E-state index is 0.0780. The van der Waals surface area contributed by atoms with Crippen LogP contribution in [0.5, 0.6) is 0 Å². The molecule has 0 saturated heterocycles. The van der Waals surface area contributed by atoms with Gasteiger partial charge >= 0.3 is 0 Å². The Morgan fingerprint density at radius 3 is 2.75 bits per heavy atom. The quantitative estimate of drug-likeness (QED) is 0.607. The molecule has 150 valence electrons. The Bertz CT molecular complexity index is 791. The summed E-state index contributed by atoms with van der Waals surface area (Å²) in [5.74, 6) is 0.0780. The van der Waals surface area contributed by atoms with Crippen molar-refractivity contribution in [3.8, 4) is 6.07 Å². The van der Waals surface area contributed by atoms with E-state index < -0.39 is 0 Å². The molecule has 0 fully saturated rings. The van der Waals surface area contributed by atoms with E-state index in [-0.39, 0.29) is 5.91 Å². The highest BCUT2D eigenvalue weighted by atomic mass is 16.1. The van der Waals surface area contributed by atoms with Crippen LogP contribution >= 0.6 is 0 Å². The zero-order valence-electron chi connectivity index (χ0n) is 17.2. The third-order valence-corrected chi connectivity index (χ3v) is 4.90. The van der Waals surface area contributed by atoms with Crippen LogP contribution in [0.2, 0.25) is 0 Å². The second kappa shape index (κ2) is 11.3. The van der Waals surface area contributed by atoms with Gasteiger partial charge in [-0.3, -0.25) is 9.48 Å². The SMILES string of the molecule is Cc1nn(CCC#N)c(C)c1CCC(=O)NCCCN(C)Cc1ccccc1. The van der Waals surface area contributed by atoms with Gasteiger partial charge in [-0.1, -0.05) is 30.3 Å². The second-order valence-electron chi connectivity index (χ2n) is 7.21. The first-order valence-electron chi connectivity index (χ1n) is 9.90. The number of benzene rings is 1. The standard InChI is InChI=1S/C22H31N5O/c1-18-21(19(2)27(25-18)16-7-13-23)11-12-22(28)24-14-8-15-26(3)17-20-9-5-4-6-10-20/h4-6,9-10H,7-8,11-12,14-17H2,1-3H3,(H,24,28). The van der Waals surface area contributed by atoms with Crippen LogP contribution in [0.4, 0.5) is 0 Å². The smallest absolute Gasteiger partial charge is 0.220 e. The normalized spacial score (nSPS) is 10.8. The molecule has 1 heterocycles. The first-order chi connectivity index (χ1) is 13.5. The van der Waals surface area contributed by atoms with Gasteiger partial charge in [0.1, 0.15) is 0 Å². The number of aromatic nitrogens is 2. The van der Waals surface area contributed by atoms with Crippen LogP contribution in [0.1, 0.15) is 41.8 Å². The van der Waals surface area contributed by atoms with Gasteiger partial charge < -0.3 is 10.2 Å². The Labute approximate surface area is 168 Å². The molecule has 1 aromatic carbocycles. The maximum absolute atomic E-state index is 12.2. The number of carbonyl (C=O) groups is 1. The summed E-state index contributed by atoms with van der Waals surface area (Å²) in [6.07, 6.45) is 2.52. The molecule has 1 N–H and O–H groups in total. The highest BCUT2D eigenvalue weighted by Gasteiger charge is 2.13. The van der Waals surface area contributed by atoms with Gasteiger partial charge in [0.25, 0.3) is 0 Å². The summed E-state index contributed by atoms with van der Waals surface area (Å²) in [6, 6.07) is 12.5. The van der Waals surface area contributed by atoms with E-state index in [4.69, 9.17) is 5.26 Å². The minimum atomic E-state index is 0.0780. The lowest BCUT2D eigenvalue weighted by atomic mass is 10.1. The van der Waals surface area contributed by atoms with Crippen molar-refractivity contribution in [3.63, 3.8) is 0 Å². The van der Waals surface area contributed by atoms with E-state index in [2.05, 4.69) is 52.7 Å². The molecule has 2 rings (SSSR count). The number of rotatable bonds is 11. The largest absolute Gasteiger partial charge is 0.356 e. The van der Waals surface area contributed by atoms with E-state index in [1.54, 1.807) is 0 Å². The lowest BCUT2D eigenvalue weighted by Gasteiger charge is -2.16. The Kier molecular flexibility index (Phi) is 8.70. The molecule has 1 amide bonds. The summed E-state index contributed by atoms with van der Waals surface area (Å²) < 4.78 is 1.87. The molecule has 1 aromatic heterocycles. The molecule has 0 bridgehead atoms. The van der Waals surface area contributed by atoms with Gasteiger partial charge in [0.15, 0.2) is 0 Å². The van der Waals surface area contributed by atoms with Gasteiger partial charge in [0.2, 0.25) is 5.91 Å². The van der Waals surface area contributed by atoms with Gasteiger partial charge in [-0.05, 0) is 51.4 Å². The maximum Gasteiger partial charge on any atom is 0.220 e. The number of carbonyl (C=O) groups excluding carboxylic acids is 1. The molecule has 0 atom stereocenters. The lowest BCUT2D eigenvalue weighted by molar-refractivity contribution is -0.121. The summed E-state index contributed by atoms with van der Waals surface area (Å²) in [7, 11) is 2.10. The van der Waals surface area contributed by atoms with Crippen molar-refractivity contribution in [2.75, 3.05) is 20.1 Å². The van der Waals surface area contributed by atoms with E-state index in [1.807, 2.05) is 24.6 Å². The fraction of sp³-hybridized carbons (Fsp3) is 0.500. The molecule has 28 heavy (non-hydrogen) atoms. The summed E-state index contributed by atoms with van der Waals surface area (Å²) in [6.45, 7) is 7.13. The van der Waals surface area contributed by atoms with Gasteiger partial charge in [-0.2, -0.15) is 10.4 Å². The van der Waals surface area contributed by atoms with Crippen molar-refractivity contribution in [3.05, 3.63) is 52.8 Å². The molecule has 6 heteroatoms. The average molecular weight is 382 g/mol. The molecule has 6 nitrogen and oxygen atoms in total. The molecular formula is C22H31N5O. The van der Waals surface area contributed by atoms with Crippen LogP contribution in [-0.2, 0) is 24.3 Å². The lowest BCUT2D eigenvalue weighted by Crippen LogP contribution is -2.28. The number of nitriles is 1. The number of nitrogens with one attached hydrogen (secondary N) is 1. The highest BCUT2D eigenvalue weighted by Crippen LogP contribution is 2.15. The first-order valence-corrected chi connectivity index (χ1v) is 9.90. The van der Waals surface area contributed by atoms with E-state index in [0.29, 0.717) is 32.4 Å². The van der Waals surface area contributed by atoms with Gasteiger partial charge in [-0.15, -0.1) is 0 Å². The molecule has 0 aliphatic heterocycles. The van der Waals surface area contributed by atoms with Crippen LogP contribution in [0.3, 0.4) is 0 Å². The van der Waals surface area contributed by atoms with E-state index in [1.165, 1.54) is 5.56 Å². The number of hydrogen-bond donors (Lipinski definition) is 1. The molecule has 0 aliphatic rings. The van der Waals surface area contributed by atoms with Crippen molar-refractivity contribution in [1.82, 2.24) is 20.0 Å². The van der Waals surface area contributed by atoms with Crippen molar-refractivity contribution in [2.24, 2.45) is 0 Å². The topological polar surface area (TPSA) is 73.9 Å². The van der Waals surface area contributed by atoms with Crippen LogP contribution in [-0.4, -0.2) is 40.7 Å². The average Bonchev–Trinajstić information content (AvgIpc) is 2.95. The second-order valence-corrected chi connectivity index (χ2v) is 7.21. The van der Waals surface area contributed by atoms with Gasteiger partial charge in [0, 0.05) is 25.2 Å². The number of amides is 1. The maximum atomic E-state index is 12.2. The van der Waals surface area contributed by atoms with Crippen LogP contribution in [0.25, 0.3) is 0 Å². The third kappa shape index (κ3) is 6.82. The zero-order valence-corrected chi connectivity index (χ0v) is 17.2. The van der Waals surface area contributed by atoms with Gasteiger partial charge in [-0.25, -0.2) is 0 Å². The Morgan fingerprint density at radius 1 is 1.29 bits per heavy atom. The Morgan fingerprint density at radius 2 is 2.04 bits per heavy atom. The fourth-order valence-corrected chi connectivity index (χ4v) is 3.35. The third-order valence-electron chi connectivity index (χ3n) is 4.90. The summed E-state index contributed by atoms with van der Waals surface area (Å²) >= 11 is 0. The molecule has 0 unspecified atom stereocenters. The van der Waals surface area contributed by atoms with Crippen LogP contribution in [0.15, 0.2) is 30.3 Å². The van der Waals surface area contributed by atoms with Crippen molar-refractivity contribution < 1.29 is 4.79 Å². The van der Waals surface area contributed by atoms with Gasteiger partial charge in [0.05, 0.1) is 24.7 Å². The summed E-state index contributed by atoms with van der Waals surface area (Å²) in [5, 5.41) is 16.2. The fourth-order valence-electron chi connectivity index (χ4n) is 3.35. The molecule has 0 spiro atoms. The Hall–Kier alpha value is -2.65. The first kappa shape index (κ1) is 21.6. The molecule has 0 saturated carbocycles. The van der Waals surface area contributed by atoms with Crippen molar-refractivity contribution >= 4 is 5.91 Å². The highest BCUT2D eigenvalue weighted by molar-refractivity contribution is 5.76.